The van der Waals surface area contributed by atoms with E-state index in [-0.39, 0.29) is 108 Å². The highest BCUT2D eigenvalue weighted by Crippen LogP contribution is 2.42. The summed E-state index contributed by atoms with van der Waals surface area (Å²) in [5, 5.41) is 42.6. The van der Waals surface area contributed by atoms with Gasteiger partial charge in [-0.15, -0.1) is 0 Å². The lowest BCUT2D eigenvalue weighted by molar-refractivity contribution is -0.146. The van der Waals surface area contributed by atoms with E-state index in [2.05, 4.69) is 83.1 Å². The Kier molecular flexibility index (Phi) is 28.8. The van der Waals surface area contributed by atoms with Crippen LogP contribution in [0.2, 0.25) is 0 Å². The zero-order valence-electron chi connectivity index (χ0n) is 56.6. The van der Waals surface area contributed by atoms with Gasteiger partial charge in [0.25, 0.3) is 0 Å². The molecule has 0 bridgehead atoms. The van der Waals surface area contributed by atoms with Crippen LogP contribution < -0.4 is 0 Å². The van der Waals surface area contributed by atoms with Crippen LogP contribution >= 0.6 is 11.8 Å². The molecule has 0 spiro atoms. The summed E-state index contributed by atoms with van der Waals surface area (Å²) in [5.41, 5.74) is 9.67. The molecule has 0 atom stereocenters. The number of phenolic OH excluding ortho intramolecular Hbond substituents is 4. The molecule has 0 saturated heterocycles. The molecular weight excluding hydrogens is 1120 g/mol. The number of aromatic hydroxyl groups is 4. The zero-order chi connectivity index (χ0) is 65.9. The molecule has 0 heterocycles. The van der Waals surface area contributed by atoms with Crippen LogP contribution in [-0.4, -0.2) is 109 Å². The molecule has 0 aromatic heterocycles. The second-order valence-corrected chi connectivity index (χ2v) is 30.1. The summed E-state index contributed by atoms with van der Waals surface area (Å²) < 4.78 is 32.3. The van der Waals surface area contributed by atoms with E-state index in [1.54, 1.807) is 11.8 Å². The van der Waals surface area contributed by atoms with Crippen molar-refractivity contribution in [2.24, 2.45) is 0 Å². The van der Waals surface area contributed by atoms with E-state index >= 15 is 0 Å². The van der Waals surface area contributed by atoms with Crippen LogP contribution in [0.1, 0.15) is 217 Å². The predicted molar refractivity (Wildman–Crippen MR) is 350 cm³/mol. The average Bonchev–Trinajstić information content (AvgIpc) is 2.35. The molecule has 0 aliphatic carbocycles. The molecular formula is C72H108O14S. The van der Waals surface area contributed by atoms with Crippen LogP contribution in [-0.2, 0) is 106 Å². The third-order valence-corrected chi connectivity index (χ3v) is 15.6. The topological polar surface area (TPSA) is 205 Å². The lowest BCUT2D eigenvalue weighted by Crippen LogP contribution is -2.18. The van der Waals surface area contributed by atoms with Gasteiger partial charge in [-0.2, -0.15) is 11.8 Å². The number of carbonyl (C=O) groups excluding carboxylic acids is 4. The van der Waals surface area contributed by atoms with Gasteiger partial charge >= 0.3 is 23.9 Å². The van der Waals surface area contributed by atoms with E-state index in [1.165, 1.54) is 0 Å². The van der Waals surface area contributed by atoms with Crippen LogP contribution in [0, 0.1) is 13.8 Å². The Hall–Kier alpha value is -5.77. The molecule has 14 nitrogen and oxygen atoms in total. The molecule has 15 heteroatoms. The molecule has 0 aliphatic heterocycles. The standard InChI is InChI=1S/C38H58O6S.C34H50O8/c1-35(2,3)27-21-25(22-28(33(27)41)36(4,5)6)13-15-31(39)43-17-19-45-20-18-44-32(40)16-14-26-23-29(37(7,8)9)34(42)30(24-26)38(10,11)12;1-23-19-25(21-27(31(23)37)33(3,4)5)9-11-29(35)41-17-15-39-13-14-40-16-18-42-30(36)12-10-26-20-24(2)32(38)28(22-26)34(6,7)8/h21-24,41-42H,13-20H2,1-12H3;19-22,37-38H,9-18H2,1-8H3. The van der Waals surface area contributed by atoms with E-state index < -0.39 is 0 Å². The van der Waals surface area contributed by atoms with Gasteiger partial charge in [-0.05, 0) is 139 Å². The summed E-state index contributed by atoms with van der Waals surface area (Å²) in [6.07, 6.45) is 3.23. The maximum atomic E-state index is 12.4. The Morgan fingerprint density at radius 2 is 0.529 bits per heavy atom. The molecule has 0 amide bonds. The molecule has 4 aromatic carbocycles. The van der Waals surface area contributed by atoms with Crippen molar-refractivity contribution in [2.75, 3.05) is 64.4 Å². The number of esters is 4. The van der Waals surface area contributed by atoms with Gasteiger partial charge in [0, 0.05) is 37.2 Å². The van der Waals surface area contributed by atoms with Gasteiger partial charge in [-0.3, -0.25) is 19.2 Å². The number of carbonyl (C=O) groups is 4. The van der Waals surface area contributed by atoms with Gasteiger partial charge in [0.2, 0.25) is 0 Å². The van der Waals surface area contributed by atoms with Crippen LogP contribution in [0.25, 0.3) is 0 Å². The second-order valence-electron chi connectivity index (χ2n) is 28.9. The van der Waals surface area contributed by atoms with Gasteiger partial charge in [0.1, 0.15) is 49.4 Å². The van der Waals surface area contributed by atoms with Crippen LogP contribution in [0.5, 0.6) is 23.0 Å². The van der Waals surface area contributed by atoms with Crippen LogP contribution in [0.4, 0.5) is 0 Å². The average molecular weight is 1230 g/mol. The molecule has 0 saturated carbocycles. The number of thioether (sulfide) groups is 1. The smallest absolute Gasteiger partial charge is 0.306 e. The summed E-state index contributed by atoms with van der Waals surface area (Å²) in [5.74, 6) is 1.46. The summed E-state index contributed by atoms with van der Waals surface area (Å²) >= 11 is 1.58. The Balaban J connectivity index is 0.000000456. The second kappa shape index (κ2) is 33.2. The third-order valence-electron chi connectivity index (χ3n) is 14.7. The highest BCUT2D eigenvalue weighted by Gasteiger charge is 2.29. The Morgan fingerprint density at radius 1 is 0.322 bits per heavy atom. The number of benzene rings is 4. The first-order valence-electron chi connectivity index (χ1n) is 30.9. The third kappa shape index (κ3) is 26.1. The minimum absolute atomic E-state index is 0.163. The Morgan fingerprint density at radius 3 is 0.770 bits per heavy atom. The number of ether oxygens (including phenoxy) is 6. The lowest BCUT2D eigenvalue weighted by atomic mass is 9.78. The maximum absolute atomic E-state index is 12.4. The molecule has 4 N–H and O–H groups in total. The first-order valence-corrected chi connectivity index (χ1v) is 32.0. The van der Waals surface area contributed by atoms with Gasteiger partial charge in [0.05, 0.1) is 26.4 Å². The Bertz CT molecular complexity index is 2630. The fourth-order valence-corrected chi connectivity index (χ4v) is 10.3. The molecule has 0 radical (unpaired) electrons. The molecule has 4 aromatic rings. The van der Waals surface area contributed by atoms with Crippen molar-refractivity contribution in [3.05, 3.63) is 115 Å². The Labute approximate surface area is 526 Å². The normalized spacial score (nSPS) is 12.3. The minimum atomic E-state index is -0.296. The van der Waals surface area contributed by atoms with Gasteiger partial charge in [-0.25, -0.2) is 0 Å². The van der Waals surface area contributed by atoms with Crippen molar-refractivity contribution in [1.82, 2.24) is 0 Å². The van der Waals surface area contributed by atoms with Gasteiger partial charge < -0.3 is 48.8 Å². The van der Waals surface area contributed by atoms with Gasteiger partial charge in [0.15, 0.2) is 0 Å². The van der Waals surface area contributed by atoms with Crippen molar-refractivity contribution in [2.45, 2.75) is 222 Å². The van der Waals surface area contributed by atoms with E-state index in [9.17, 15) is 39.6 Å². The first-order chi connectivity index (χ1) is 40.1. The van der Waals surface area contributed by atoms with Crippen LogP contribution in [0.3, 0.4) is 0 Å². The quantitative estimate of drug-likeness (QED) is 0.0249. The van der Waals surface area contributed by atoms with Crippen molar-refractivity contribution in [1.29, 1.82) is 0 Å². The van der Waals surface area contributed by atoms with Crippen LogP contribution in [0.15, 0.2) is 48.5 Å². The highest BCUT2D eigenvalue weighted by atomic mass is 32.2. The minimum Gasteiger partial charge on any atom is -0.507 e. The van der Waals surface area contributed by atoms with Crippen molar-refractivity contribution >= 4 is 35.6 Å². The lowest BCUT2D eigenvalue weighted by Gasteiger charge is -2.28. The number of hydrogen-bond donors (Lipinski definition) is 4. The molecule has 0 aliphatic rings. The zero-order valence-corrected chi connectivity index (χ0v) is 57.4. The van der Waals surface area contributed by atoms with Crippen molar-refractivity contribution in [3.63, 3.8) is 0 Å². The summed E-state index contributed by atoms with van der Waals surface area (Å²) in [6, 6.07) is 15.8. The summed E-state index contributed by atoms with van der Waals surface area (Å²) in [7, 11) is 0. The summed E-state index contributed by atoms with van der Waals surface area (Å²) in [6.45, 7) is 43.1. The monoisotopic (exact) mass is 1230 g/mol. The fraction of sp³-hybridized carbons (Fsp3) is 0.611. The first kappa shape index (κ1) is 75.5. The number of phenols is 4. The molecule has 0 unspecified atom stereocenters. The molecule has 0 fully saturated rings. The largest absolute Gasteiger partial charge is 0.507 e. The van der Waals surface area contributed by atoms with E-state index in [0.717, 1.165) is 66.8 Å². The molecule has 87 heavy (non-hydrogen) atoms. The van der Waals surface area contributed by atoms with Crippen molar-refractivity contribution < 1.29 is 68.0 Å². The molecule has 4 rings (SSSR count). The van der Waals surface area contributed by atoms with E-state index in [4.69, 9.17) is 28.4 Å². The number of hydrogen-bond acceptors (Lipinski definition) is 15. The predicted octanol–water partition coefficient (Wildman–Crippen LogP) is 14.7. The number of aryl methyl sites for hydroxylation is 6. The van der Waals surface area contributed by atoms with Gasteiger partial charge in [-0.1, -0.05) is 173 Å². The SMILES string of the molecule is CC(C)(C)c1cc(CCC(=O)OCCSCCOC(=O)CCc2cc(C(C)(C)C)c(O)c(C(C)(C)C)c2)cc(C(C)(C)C)c1O.Cc1cc(CCC(=O)OCCOCCOCCOC(=O)CCc2cc(C)c(O)c(C(C)(C)C)c2)cc(C(C)(C)C)c1O. The fourth-order valence-electron chi connectivity index (χ4n) is 9.66. The van der Waals surface area contributed by atoms with E-state index in [1.807, 2.05) is 104 Å². The molecule has 486 valence electrons. The maximum Gasteiger partial charge on any atom is 0.306 e. The van der Waals surface area contributed by atoms with E-state index in [0.29, 0.717) is 86.6 Å². The number of rotatable bonds is 27. The highest BCUT2D eigenvalue weighted by molar-refractivity contribution is 7.99. The summed E-state index contributed by atoms with van der Waals surface area (Å²) in [4.78, 5) is 49.1. The van der Waals surface area contributed by atoms with Crippen molar-refractivity contribution in [3.8, 4) is 23.0 Å².